The van der Waals surface area contributed by atoms with Crippen LogP contribution < -0.4 is 0 Å². The Morgan fingerprint density at radius 1 is 0.689 bits per heavy atom. The number of carbonyl (C=O) groups is 1. The molecule has 19 heteroatoms. The van der Waals surface area contributed by atoms with Gasteiger partial charge < -0.3 is 88.6 Å². The number of carbonyl (C=O) groups excluding carboxylic acids is 1. The zero-order valence-corrected chi connectivity index (χ0v) is 35.3. The van der Waals surface area contributed by atoms with E-state index in [1.54, 1.807) is 6.92 Å². The summed E-state index contributed by atoms with van der Waals surface area (Å²) < 4.78 is 53.9. The second-order valence-electron chi connectivity index (χ2n) is 20.2. The lowest BCUT2D eigenvalue weighted by atomic mass is 9.36. The fourth-order valence-corrected chi connectivity index (χ4v) is 14.3. The zero-order chi connectivity index (χ0) is 43.6. The molecular formula is C42H66O19. The van der Waals surface area contributed by atoms with Gasteiger partial charge in [-0.3, -0.25) is 4.79 Å². The van der Waals surface area contributed by atoms with Gasteiger partial charge in [-0.05, 0) is 82.0 Å². The summed E-state index contributed by atoms with van der Waals surface area (Å²) in [7, 11) is 1.39. The van der Waals surface area contributed by atoms with Crippen molar-refractivity contribution in [1.82, 2.24) is 0 Å². The maximum Gasteiger partial charge on any atom is 0.308 e. The standard InChI is InChI=1S/C42H66O19/c1-18-32(59-36-30(50)28(48)33(22(16-44)58-36)60-35-29(49)27(47)26(46)21(15-43)57-35)34(53-4)31(51)37(55-18)56-20-6-9-38(2)19(13-20)5-11-40-12-8-24-39(3,10-7-23(38)40)42(40,52)61-41(24)14-25(45)54-17-41/h18-24,26-37,43-44,46-52H,5-17H2,1-4H3/t18-,19-,20-,21-,22+,23+,24-,26+,27-,28+,29+,30+,31+,32-,33+,34-,35+,36-,37+,38+,39+,40-,41+,42-/m1/s1. The number of rotatable bonds is 9. The Kier molecular flexibility index (Phi) is 11.8. The number of cyclic esters (lactones) is 1. The first-order valence-corrected chi connectivity index (χ1v) is 22.2. The highest BCUT2D eigenvalue weighted by Gasteiger charge is 2.82. The van der Waals surface area contributed by atoms with Gasteiger partial charge in [-0.25, -0.2) is 0 Å². The molecule has 9 fully saturated rings. The Morgan fingerprint density at radius 3 is 2.00 bits per heavy atom. The molecule has 5 saturated heterocycles. The minimum absolute atomic E-state index is 0.0623. The fraction of sp³-hybridized carbons (Fsp3) is 0.976. The maximum absolute atomic E-state index is 12.9. The average Bonchev–Trinajstić information content (AvgIpc) is 3.64. The summed E-state index contributed by atoms with van der Waals surface area (Å²) in [6.07, 6.45) is -14.1. The van der Waals surface area contributed by atoms with Gasteiger partial charge in [0.2, 0.25) is 0 Å². The summed E-state index contributed by atoms with van der Waals surface area (Å²) in [5, 5.41) is 97.4. The van der Waals surface area contributed by atoms with Crippen molar-refractivity contribution in [2.45, 2.75) is 195 Å². The summed E-state index contributed by atoms with van der Waals surface area (Å²) >= 11 is 0. The van der Waals surface area contributed by atoms with Gasteiger partial charge in [0.25, 0.3) is 0 Å². The molecule has 0 radical (unpaired) electrons. The summed E-state index contributed by atoms with van der Waals surface area (Å²) in [5.74, 6) is -1.03. The first kappa shape index (κ1) is 45.0. The number of esters is 1. The van der Waals surface area contributed by atoms with Crippen molar-refractivity contribution in [3.05, 3.63) is 0 Å². The van der Waals surface area contributed by atoms with Crippen LogP contribution in [0.4, 0.5) is 0 Å². The van der Waals surface area contributed by atoms with Crippen LogP contribution in [0, 0.1) is 34.0 Å². The van der Waals surface area contributed by atoms with Crippen molar-refractivity contribution in [3.63, 3.8) is 0 Å². The highest BCUT2D eigenvalue weighted by molar-refractivity contribution is 5.73. The third-order valence-corrected chi connectivity index (χ3v) is 17.4. The van der Waals surface area contributed by atoms with Crippen molar-refractivity contribution in [2.24, 2.45) is 34.0 Å². The molecule has 4 saturated carbocycles. The highest BCUT2D eigenvalue weighted by Crippen LogP contribution is 2.79. The number of hydrogen-bond acceptors (Lipinski definition) is 19. The van der Waals surface area contributed by atoms with Gasteiger partial charge in [-0.2, -0.15) is 0 Å². The van der Waals surface area contributed by atoms with Gasteiger partial charge in [0.05, 0.1) is 31.8 Å². The molecular weight excluding hydrogens is 808 g/mol. The summed E-state index contributed by atoms with van der Waals surface area (Å²) in [6, 6.07) is 0. The average molecular weight is 875 g/mol. The van der Waals surface area contributed by atoms with Crippen LogP contribution in [0.3, 0.4) is 0 Å². The predicted molar refractivity (Wildman–Crippen MR) is 202 cm³/mol. The quantitative estimate of drug-likeness (QED) is 0.0924. The third kappa shape index (κ3) is 6.58. The number of fused-ring (bicyclic) bond motifs is 3. The first-order chi connectivity index (χ1) is 28.9. The van der Waals surface area contributed by atoms with Crippen molar-refractivity contribution in [2.75, 3.05) is 26.9 Å². The van der Waals surface area contributed by atoms with Crippen LogP contribution in [0.5, 0.6) is 0 Å². The van der Waals surface area contributed by atoms with Gasteiger partial charge >= 0.3 is 5.97 Å². The molecule has 9 rings (SSSR count). The lowest BCUT2D eigenvalue weighted by molar-refractivity contribution is -0.382. The Balaban J connectivity index is 0.834. The Morgan fingerprint density at radius 2 is 1.33 bits per heavy atom. The molecule has 19 nitrogen and oxygen atoms in total. The Labute approximate surface area is 354 Å². The van der Waals surface area contributed by atoms with Gasteiger partial charge in [-0.1, -0.05) is 13.8 Å². The normalized spacial score (nSPS) is 58.0. The van der Waals surface area contributed by atoms with E-state index in [2.05, 4.69) is 13.8 Å². The topological polar surface area (TPSA) is 282 Å². The smallest absolute Gasteiger partial charge is 0.308 e. The van der Waals surface area contributed by atoms with Crippen LogP contribution in [-0.4, -0.2) is 188 Å². The number of ether oxygens (including phenoxy) is 9. The Bertz CT molecular complexity index is 1620. The number of aliphatic hydroxyl groups is 9. The molecule has 348 valence electrons. The highest BCUT2D eigenvalue weighted by atomic mass is 16.8. The van der Waals surface area contributed by atoms with E-state index in [9.17, 15) is 50.8 Å². The minimum Gasteiger partial charge on any atom is -0.462 e. The van der Waals surface area contributed by atoms with Gasteiger partial charge in [0.15, 0.2) is 24.7 Å². The first-order valence-electron chi connectivity index (χ1n) is 22.2. The zero-order valence-electron chi connectivity index (χ0n) is 35.3. The van der Waals surface area contributed by atoms with Crippen LogP contribution in [0.15, 0.2) is 0 Å². The summed E-state index contributed by atoms with van der Waals surface area (Å²) in [5.41, 5.74) is -1.74. The van der Waals surface area contributed by atoms with Crippen molar-refractivity contribution in [3.8, 4) is 0 Å². The molecule has 2 spiro atoms. The van der Waals surface area contributed by atoms with E-state index < -0.39 is 128 Å². The molecule has 5 aliphatic heterocycles. The molecule has 0 aromatic heterocycles. The maximum atomic E-state index is 12.9. The molecule has 9 N–H and O–H groups in total. The molecule has 4 aliphatic carbocycles. The van der Waals surface area contributed by atoms with Gasteiger partial charge in [0.1, 0.15) is 79.4 Å². The molecule has 4 bridgehead atoms. The molecule has 0 aromatic carbocycles. The van der Waals surface area contributed by atoms with Crippen molar-refractivity contribution < 1.29 is 93.4 Å². The summed E-state index contributed by atoms with van der Waals surface area (Å²) in [4.78, 5) is 12.4. The second-order valence-corrected chi connectivity index (χ2v) is 20.2. The monoisotopic (exact) mass is 874 g/mol. The van der Waals surface area contributed by atoms with E-state index in [0.29, 0.717) is 6.42 Å². The largest absolute Gasteiger partial charge is 0.462 e. The van der Waals surface area contributed by atoms with Crippen LogP contribution in [0.25, 0.3) is 0 Å². The minimum atomic E-state index is -1.81. The van der Waals surface area contributed by atoms with Gasteiger partial charge in [-0.15, -0.1) is 0 Å². The second kappa shape index (κ2) is 16.0. The van der Waals surface area contributed by atoms with E-state index >= 15 is 0 Å². The van der Waals surface area contributed by atoms with E-state index in [1.807, 2.05) is 0 Å². The van der Waals surface area contributed by atoms with E-state index in [4.69, 9.17) is 42.6 Å². The molecule has 9 aliphatic rings. The lowest BCUT2D eigenvalue weighted by Gasteiger charge is -2.70. The van der Waals surface area contributed by atoms with Gasteiger partial charge in [0, 0.05) is 23.9 Å². The van der Waals surface area contributed by atoms with E-state index in [-0.39, 0.29) is 48.3 Å². The third-order valence-electron chi connectivity index (χ3n) is 17.4. The number of hydrogen-bond donors (Lipinski definition) is 9. The molecule has 24 atom stereocenters. The molecule has 5 heterocycles. The molecule has 0 amide bonds. The van der Waals surface area contributed by atoms with E-state index in [0.717, 1.165) is 51.4 Å². The molecule has 0 unspecified atom stereocenters. The van der Waals surface area contributed by atoms with Crippen LogP contribution in [-0.2, 0) is 47.4 Å². The summed E-state index contributed by atoms with van der Waals surface area (Å²) in [6.45, 7) is 4.97. The SMILES string of the molecule is CO[C@@H]1[C@H](O)[C@H](O[C@@H]2CC[C@@]3(C)[C@H](CC[C@]45CC[C@H]6[C@]7(COC(=O)C7)O[C@]4(O)[C@@]6(C)CC[C@@H]35)C2)O[C@H](C)[C@H]1O[C@H]1O[C@@H](CO)[C@H](O[C@@H]2O[C@H](CO)[C@H](O)[C@@H](O)[C@@H]2O)[C@@H](O)[C@@H]1O. The Hall–Kier alpha value is -1.21. The van der Waals surface area contributed by atoms with E-state index in [1.165, 1.54) is 7.11 Å². The van der Waals surface area contributed by atoms with Crippen LogP contribution >= 0.6 is 0 Å². The molecule has 61 heavy (non-hydrogen) atoms. The number of aliphatic hydroxyl groups excluding tert-OH is 8. The fourth-order valence-electron chi connectivity index (χ4n) is 14.3. The van der Waals surface area contributed by atoms with Crippen molar-refractivity contribution in [1.29, 1.82) is 0 Å². The van der Waals surface area contributed by atoms with Crippen LogP contribution in [0.2, 0.25) is 0 Å². The lowest BCUT2D eigenvalue weighted by Crippen LogP contribution is -2.71. The predicted octanol–water partition coefficient (Wildman–Crippen LogP) is -1.68. The van der Waals surface area contributed by atoms with Crippen molar-refractivity contribution >= 4 is 5.97 Å². The molecule has 0 aromatic rings. The number of methoxy groups -OCH3 is 1. The van der Waals surface area contributed by atoms with Crippen LogP contribution in [0.1, 0.15) is 85.0 Å².